The average Bonchev–Trinajstić information content (AvgIpc) is 3.01. The number of non-ortho nitro benzene ring substituents is 1. The van der Waals surface area contributed by atoms with Gasteiger partial charge in [0, 0.05) is 62.8 Å². The topological polar surface area (TPSA) is 133 Å². The molecule has 1 N–H and O–H groups in total. The number of nitrogens with one attached hydrogen (secondary N) is 1. The second-order valence-corrected chi connectivity index (χ2v) is 10.3. The maximum atomic E-state index is 13.5. The van der Waals surface area contributed by atoms with E-state index in [0.717, 1.165) is 38.5 Å². The molecule has 14 heteroatoms. The molecule has 1 saturated heterocycles. The molecule has 0 saturated carbocycles. The Balaban J connectivity index is 0.00000353. The lowest BCUT2D eigenvalue weighted by Crippen LogP contribution is -2.48. The van der Waals surface area contributed by atoms with Crippen molar-refractivity contribution in [1.29, 1.82) is 0 Å². The molecule has 2 aliphatic heterocycles. The number of benzene rings is 2. The quantitative estimate of drug-likeness (QED) is 0.199. The van der Waals surface area contributed by atoms with Crippen LogP contribution in [0.25, 0.3) is 0 Å². The van der Waals surface area contributed by atoms with E-state index in [1.165, 1.54) is 25.3 Å². The van der Waals surface area contributed by atoms with Crippen LogP contribution in [0.3, 0.4) is 0 Å². The Kier molecular flexibility index (Phi) is 14.6. The zero-order valence-corrected chi connectivity index (χ0v) is 27.4. The monoisotopic (exact) mass is 666 g/mol. The van der Waals surface area contributed by atoms with Gasteiger partial charge in [-0.1, -0.05) is 24.3 Å². The highest BCUT2D eigenvalue weighted by atomic mass is 35.5. The summed E-state index contributed by atoms with van der Waals surface area (Å²) >= 11 is 0. The Morgan fingerprint density at radius 2 is 1.44 bits per heavy atom. The molecule has 1 unspecified atom stereocenters. The molecule has 4 rings (SSSR count). The SMILES string of the molecule is COC(=O)C1=C(C)NC(C)=C(C(=O)OCCN2CCN(CCOc3ccccc3OC)CC2)C1c1cccc([N+](=O)[O-])c1.Cl.Cl. The van der Waals surface area contributed by atoms with Gasteiger partial charge in [-0.25, -0.2) is 9.59 Å². The standard InChI is InChI=1S/C31H38N4O8.2ClH/c1-21-27(30(36)41-4)29(23-8-7-9-24(20-23)35(38)39)28(22(2)32-21)31(37)43-19-17-34-14-12-33(13-15-34)16-18-42-26-11-6-5-10-25(26)40-3;;/h5-11,20,29,32H,12-19H2,1-4H3;2*1H. The van der Waals surface area contributed by atoms with Gasteiger partial charge >= 0.3 is 11.9 Å². The number of rotatable bonds is 12. The fourth-order valence-corrected chi connectivity index (χ4v) is 5.40. The van der Waals surface area contributed by atoms with Crippen LogP contribution < -0.4 is 14.8 Å². The van der Waals surface area contributed by atoms with Crippen LogP contribution in [0.1, 0.15) is 25.3 Å². The minimum absolute atomic E-state index is 0. The molecule has 1 atom stereocenters. The fourth-order valence-electron chi connectivity index (χ4n) is 5.40. The lowest BCUT2D eigenvalue weighted by Gasteiger charge is -2.34. The first kappa shape index (κ1) is 37.3. The molecule has 2 aromatic carbocycles. The fraction of sp³-hybridized carbons (Fsp3) is 0.419. The summed E-state index contributed by atoms with van der Waals surface area (Å²) in [5, 5.41) is 14.5. The third-order valence-corrected chi connectivity index (χ3v) is 7.64. The summed E-state index contributed by atoms with van der Waals surface area (Å²) in [6.07, 6.45) is 0. The molecular formula is C31H40Cl2N4O8. The summed E-state index contributed by atoms with van der Waals surface area (Å²) in [5.41, 5.74) is 1.71. The summed E-state index contributed by atoms with van der Waals surface area (Å²) in [7, 11) is 2.87. The lowest BCUT2D eigenvalue weighted by molar-refractivity contribution is -0.384. The number of nitrogens with zero attached hydrogens (tertiary/aromatic N) is 3. The van der Waals surface area contributed by atoms with Crippen LogP contribution in [-0.4, -0.2) is 93.4 Å². The molecular weight excluding hydrogens is 627 g/mol. The molecule has 0 amide bonds. The Morgan fingerprint density at radius 1 is 0.867 bits per heavy atom. The number of hydrogen-bond acceptors (Lipinski definition) is 11. The summed E-state index contributed by atoms with van der Waals surface area (Å²) in [6, 6.07) is 13.5. The van der Waals surface area contributed by atoms with Crippen LogP contribution in [0.2, 0.25) is 0 Å². The first-order valence-electron chi connectivity index (χ1n) is 14.1. The van der Waals surface area contributed by atoms with Crippen molar-refractivity contribution in [3.63, 3.8) is 0 Å². The number of nitro groups is 1. The average molecular weight is 668 g/mol. The second kappa shape index (κ2) is 17.6. The van der Waals surface area contributed by atoms with Gasteiger partial charge in [0.25, 0.3) is 5.69 Å². The van der Waals surface area contributed by atoms with E-state index < -0.39 is 22.8 Å². The number of esters is 2. The van der Waals surface area contributed by atoms with E-state index in [9.17, 15) is 19.7 Å². The van der Waals surface area contributed by atoms with Crippen LogP contribution in [0.5, 0.6) is 11.5 Å². The second-order valence-electron chi connectivity index (χ2n) is 10.3. The number of hydrogen-bond donors (Lipinski definition) is 1. The molecule has 12 nitrogen and oxygen atoms in total. The Morgan fingerprint density at radius 3 is 2.02 bits per heavy atom. The molecule has 246 valence electrons. The van der Waals surface area contributed by atoms with Crippen molar-refractivity contribution >= 4 is 42.4 Å². The van der Waals surface area contributed by atoms with Gasteiger partial charge in [0.1, 0.15) is 13.2 Å². The normalized spacial score (nSPS) is 16.9. The van der Waals surface area contributed by atoms with Gasteiger partial charge in [0.15, 0.2) is 11.5 Å². The van der Waals surface area contributed by atoms with Crippen molar-refractivity contribution in [2.75, 3.05) is 66.7 Å². The van der Waals surface area contributed by atoms with E-state index in [4.69, 9.17) is 18.9 Å². The Bertz CT molecular complexity index is 1410. The lowest BCUT2D eigenvalue weighted by atomic mass is 9.80. The maximum absolute atomic E-state index is 13.5. The van der Waals surface area contributed by atoms with Crippen LogP contribution in [0, 0.1) is 10.1 Å². The number of para-hydroxylation sites is 2. The molecule has 2 heterocycles. The number of carbonyl (C=O) groups is 2. The summed E-state index contributed by atoms with van der Waals surface area (Å²) in [6.45, 7) is 8.82. The van der Waals surface area contributed by atoms with Gasteiger partial charge in [-0.05, 0) is 31.5 Å². The number of allylic oxidation sites excluding steroid dienone is 2. The number of methoxy groups -OCH3 is 2. The molecule has 1 fully saturated rings. The Hall–Kier alpha value is -3.84. The number of ether oxygens (including phenoxy) is 4. The molecule has 2 aromatic rings. The molecule has 0 aliphatic carbocycles. The molecule has 2 aliphatic rings. The van der Waals surface area contributed by atoms with Gasteiger partial charge in [0.2, 0.25) is 0 Å². The first-order chi connectivity index (χ1) is 20.7. The van der Waals surface area contributed by atoms with Crippen LogP contribution >= 0.6 is 24.8 Å². The van der Waals surface area contributed by atoms with E-state index in [0.29, 0.717) is 35.9 Å². The minimum atomic E-state index is -0.886. The number of nitro benzene ring substituents is 1. The van der Waals surface area contributed by atoms with E-state index in [1.807, 2.05) is 24.3 Å². The Labute approximate surface area is 275 Å². The van der Waals surface area contributed by atoms with Crippen LogP contribution in [0.4, 0.5) is 5.69 Å². The van der Waals surface area contributed by atoms with Gasteiger partial charge in [-0.2, -0.15) is 0 Å². The van der Waals surface area contributed by atoms with E-state index in [-0.39, 0.29) is 48.3 Å². The number of halogens is 2. The predicted octanol–water partition coefficient (Wildman–Crippen LogP) is 4.09. The van der Waals surface area contributed by atoms with E-state index >= 15 is 0 Å². The molecule has 45 heavy (non-hydrogen) atoms. The van der Waals surface area contributed by atoms with E-state index in [2.05, 4.69) is 15.1 Å². The summed E-state index contributed by atoms with van der Waals surface area (Å²) < 4.78 is 22.0. The van der Waals surface area contributed by atoms with Crippen molar-refractivity contribution in [2.24, 2.45) is 0 Å². The minimum Gasteiger partial charge on any atom is -0.493 e. The number of carbonyl (C=O) groups excluding carboxylic acids is 2. The molecule has 0 spiro atoms. The number of dihydropyridines is 1. The zero-order valence-electron chi connectivity index (χ0n) is 25.8. The largest absolute Gasteiger partial charge is 0.493 e. The summed E-state index contributed by atoms with van der Waals surface area (Å²) in [4.78, 5) is 41.8. The van der Waals surface area contributed by atoms with Gasteiger partial charge in [0.05, 0.1) is 36.2 Å². The van der Waals surface area contributed by atoms with Crippen molar-refractivity contribution in [1.82, 2.24) is 15.1 Å². The van der Waals surface area contributed by atoms with Gasteiger partial charge in [-0.3, -0.25) is 19.9 Å². The third-order valence-electron chi connectivity index (χ3n) is 7.64. The summed E-state index contributed by atoms with van der Waals surface area (Å²) in [5.74, 6) is -0.683. The smallest absolute Gasteiger partial charge is 0.336 e. The number of piperazine rings is 1. The van der Waals surface area contributed by atoms with Crippen molar-refractivity contribution < 1.29 is 33.5 Å². The van der Waals surface area contributed by atoms with Crippen molar-refractivity contribution in [3.8, 4) is 11.5 Å². The first-order valence-corrected chi connectivity index (χ1v) is 14.1. The highest BCUT2D eigenvalue weighted by molar-refractivity contribution is 5.99. The zero-order chi connectivity index (χ0) is 30.9. The third kappa shape index (κ3) is 9.33. The van der Waals surface area contributed by atoms with E-state index in [1.54, 1.807) is 27.0 Å². The van der Waals surface area contributed by atoms with Crippen molar-refractivity contribution in [2.45, 2.75) is 19.8 Å². The van der Waals surface area contributed by atoms with Crippen molar-refractivity contribution in [3.05, 3.63) is 86.7 Å². The predicted molar refractivity (Wildman–Crippen MR) is 173 cm³/mol. The van der Waals surface area contributed by atoms with Crippen LogP contribution in [0.15, 0.2) is 71.1 Å². The van der Waals surface area contributed by atoms with Crippen LogP contribution in [-0.2, 0) is 19.1 Å². The highest BCUT2D eigenvalue weighted by Crippen LogP contribution is 2.40. The molecule has 0 bridgehead atoms. The molecule has 0 radical (unpaired) electrons. The van der Waals surface area contributed by atoms with Gasteiger partial charge < -0.3 is 24.3 Å². The highest BCUT2D eigenvalue weighted by Gasteiger charge is 2.38. The maximum Gasteiger partial charge on any atom is 0.336 e. The van der Waals surface area contributed by atoms with Gasteiger partial charge in [-0.15, -0.1) is 24.8 Å². The molecule has 0 aromatic heterocycles.